The van der Waals surface area contributed by atoms with Crippen molar-refractivity contribution in [3.63, 3.8) is 0 Å². The number of aliphatic imine (C=N–C) groups is 1. The van der Waals surface area contributed by atoms with Crippen molar-refractivity contribution in [2.24, 2.45) is 4.99 Å². The van der Waals surface area contributed by atoms with Gasteiger partial charge in [0.2, 0.25) is 5.91 Å². The van der Waals surface area contributed by atoms with E-state index in [0.29, 0.717) is 31.3 Å². The predicted octanol–water partition coefficient (Wildman–Crippen LogP) is 1.67. The highest BCUT2D eigenvalue weighted by Crippen LogP contribution is 2.12. The van der Waals surface area contributed by atoms with Gasteiger partial charge in [-0.25, -0.2) is 9.38 Å². The molecule has 0 aliphatic rings. The van der Waals surface area contributed by atoms with Crippen molar-refractivity contribution in [1.82, 2.24) is 16.0 Å². The number of rotatable bonds is 9. The van der Waals surface area contributed by atoms with E-state index in [1.54, 1.807) is 12.1 Å². The van der Waals surface area contributed by atoms with Crippen LogP contribution in [0, 0.1) is 5.82 Å². The predicted molar refractivity (Wildman–Crippen MR) is 93.8 cm³/mol. The highest BCUT2D eigenvalue weighted by molar-refractivity contribution is 5.84. The first-order valence-electron chi connectivity index (χ1n) is 8.26. The number of hydrogen-bond acceptors (Lipinski definition) is 3. The van der Waals surface area contributed by atoms with E-state index in [0.717, 1.165) is 6.42 Å². The Morgan fingerprint density at radius 1 is 1.21 bits per heavy atom. The molecule has 1 amide bonds. The van der Waals surface area contributed by atoms with Crippen molar-refractivity contribution in [2.75, 3.05) is 26.2 Å². The van der Waals surface area contributed by atoms with Gasteiger partial charge in [0.25, 0.3) is 0 Å². The summed E-state index contributed by atoms with van der Waals surface area (Å²) in [5, 5.41) is 8.97. The molecule has 1 atom stereocenters. The average Bonchev–Trinajstić information content (AvgIpc) is 2.57. The van der Waals surface area contributed by atoms with Crippen molar-refractivity contribution in [2.45, 2.75) is 33.3 Å². The number of hydrogen-bond donors (Lipinski definition) is 3. The number of nitrogens with zero attached hydrogens (tertiary/aromatic N) is 1. The zero-order valence-electron chi connectivity index (χ0n) is 14.6. The number of benzene rings is 1. The summed E-state index contributed by atoms with van der Waals surface area (Å²) in [4.78, 5) is 15.8. The van der Waals surface area contributed by atoms with Gasteiger partial charge in [-0.2, -0.15) is 0 Å². The first-order chi connectivity index (χ1) is 11.5. The van der Waals surface area contributed by atoms with Gasteiger partial charge in [0, 0.05) is 13.1 Å². The van der Waals surface area contributed by atoms with Crippen LogP contribution in [-0.4, -0.2) is 44.1 Å². The van der Waals surface area contributed by atoms with Crippen LogP contribution in [0.1, 0.15) is 27.2 Å². The lowest BCUT2D eigenvalue weighted by atomic mass is 10.3. The van der Waals surface area contributed by atoms with E-state index < -0.39 is 0 Å². The molecular formula is C17H27FN4O2. The Hall–Kier alpha value is -2.31. The smallest absolute Gasteiger partial charge is 0.241 e. The Bertz CT molecular complexity index is 520. The van der Waals surface area contributed by atoms with Crippen LogP contribution in [0.25, 0.3) is 0 Å². The summed E-state index contributed by atoms with van der Waals surface area (Å²) in [6, 6.07) is 5.89. The molecule has 0 radical (unpaired) electrons. The van der Waals surface area contributed by atoms with E-state index in [1.807, 2.05) is 20.8 Å². The van der Waals surface area contributed by atoms with Gasteiger partial charge in [-0.05, 0) is 44.5 Å². The highest BCUT2D eigenvalue weighted by atomic mass is 19.1. The SMILES string of the molecule is CCCNC(=O)CN=C(NCC)NCC(C)Oc1ccc(F)cc1. The summed E-state index contributed by atoms with van der Waals surface area (Å²) >= 11 is 0. The fourth-order valence-electron chi connectivity index (χ4n) is 1.84. The lowest BCUT2D eigenvalue weighted by Crippen LogP contribution is -2.42. The van der Waals surface area contributed by atoms with Crippen LogP contribution >= 0.6 is 0 Å². The number of halogens is 1. The second-order valence-electron chi connectivity index (χ2n) is 5.31. The fraction of sp³-hybridized carbons (Fsp3) is 0.529. The number of guanidine groups is 1. The second kappa shape index (κ2) is 11.3. The molecule has 0 fully saturated rings. The summed E-state index contributed by atoms with van der Waals surface area (Å²) in [6.07, 6.45) is 0.750. The summed E-state index contributed by atoms with van der Waals surface area (Å²) in [7, 11) is 0. The van der Waals surface area contributed by atoms with Gasteiger partial charge in [0.1, 0.15) is 24.2 Å². The molecule has 0 saturated carbocycles. The molecule has 0 spiro atoms. The minimum Gasteiger partial charge on any atom is -0.489 e. The first kappa shape index (κ1) is 19.7. The molecule has 0 heterocycles. The topological polar surface area (TPSA) is 74.8 Å². The van der Waals surface area contributed by atoms with Gasteiger partial charge >= 0.3 is 0 Å². The van der Waals surface area contributed by atoms with Crippen LogP contribution in [-0.2, 0) is 4.79 Å². The van der Waals surface area contributed by atoms with Crippen molar-refractivity contribution >= 4 is 11.9 Å². The van der Waals surface area contributed by atoms with E-state index in [-0.39, 0.29) is 24.4 Å². The van der Waals surface area contributed by atoms with E-state index in [1.165, 1.54) is 12.1 Å². The third kappa shape index (κ3) is 8.36. The Labute approximate surface area is 142 Å². The quantitative estimate of drug-likeness (QED) is 0.473. The van der Waals surface area contributed by atoms with Crippen LogP contribution < -0.4 is 20.7 Å². The van der Waals surface area contributed by atoms with Gasteiger partial charge in [-0.15, -0.1) is 0 Å². The Morgan fingerprint density at radius 3 is 2.54 bits per heavy atom. The standard InChI is InChI=1S/C17H27FN4O2/c1-4-10-20-16(23)12-22-17(19-5-2)21-11-13(3)24-15-8-6-14(18)7-9-15/h6-9,13H,4-5,10-12H2,1-3H3,(H,20,23)(H2,19,21,22). The van der Waals surface area contributed by atoms with Crippen LogP contribution in [0.5, 0.6) is 5.75 Å². The minimum absolute atomic E-state index is 0.0720. The lowest BCUT2D eigenvalue weighted by molar-refractivity contribution is -0.119. The second-order valence-corrected chi connectivity index (χ2v) is 5.31. The lowest BCUT2D eigenvalue weighted by Gasteiger charge is -2.17. The van der Waals surface area contributed by atoms with Crippen LogP contribution in [0.4, 0.5) is 4.39 Å². The summed E-state index contributed by atoms with van der Waals surface area (Å²) < 4.78 is 18.6. The van der Waals surface area contributed by atoms with Crippen molar-refractivity contribution in [3.8, 4) is 5.75 Å². The van der Waals surface area contributed by atoms with E-state index in [4.69, 9.17) is 4.74 Å². The van der Waals surface area contributed by atoms with Crippen molar-refractivity contribution in [3.05, 3.63) is 30.1 Å². The summed E-state index contributed by atoms with van der Waals surface area (Å²) in [5.41, 5.74) is 0. The van der Waals surface area contributed by atoms with Gasteiger partial charge in [0.15, 0.2) is 5.96 Å². The highest BCUT2D eigenvalue weighted by Gasteiger charge is 2.07. The molecule has 0 aliphatic heterocycles. The Balaban J connectivity index is 2.43. The van der Waals surface area contributed by atoms with Crippen LogP contribution in [0.3, 0.4) is 0 Å². The summed E-state index contributed by atoms with van der Waals surface area (Å²) in [5.74, 6) is 0.756. The third-order valence-electron chi connectivity index (χ3n) is 3.01. The van der Waals surface area contributed by atoms with Gasteiger partial charge in [-0.1, -0.05) is 6.92 Å². The monoisotopic (exact) mass is 338 g/mol. The maximum Gasteiger partial charge on any atom is 0.241 e. The zero-order valence-corrected chi connectivity index (χ0v) is 14.6. The number of carbonyl (C=O) groups is 1. The van der Waals surface area contributed by atoms with Crippen molar-refractivity contribution < 1.29 is 13.9 Å². The molecule has 24 heavy (non-hydrogen) atoms. The maximum atomic E-state index is 12.9. The number of carbonyl (C=O) groups excluding carboxylic acids is 1. The van der Waals surface area contributed by atoms with Gasteiger partial charge < -0.3 is 20.7 Å². The van der Waals surface area contributed by atoms with E-state index in [9.17, 15) is 9.18 Å². The molecular weight excluding hydrogens is 311 g/mol. The maximum absolute atomic E-state index is 12.9. The molecule has 6 nitrogen and oxygen atoms in total. The molecule has 0 aliphatic carbocycles. The largest absolute Gasteiger partial charge is 0.489 e. The number of nitrogens with one attached hydrogen (secondary N) is 3. The minimum atomic E-state index is -0.295. The average molecular weight is 338 g/mol. The molecule has 134 valence electrons. The molecule has 1 aromatic rings. The molecule has 1 rings (SSSR count). The molecule has 0 aromatic heterocycles. The number of amides is 1. The van der Waals surface area contributed by atoms with Crippen LogP contribution in [0.15, 0.2) is 29.3 Å². The van der Waals surface area contributed by atoms with Crippen LogP contribution in [0.2, 0.25) is 0 Å². The van der Waals surface area contributed by atoms with E-state index >= 15 is 0 Å². The van der Waals surface area contributed by atoms with Crippen molar-refractivity contribution in [1.29, 1.82) is 0 Å². The van der Waals surface area contributed by atoms with Gasteiger partial charge in [-0.3, -0.25) is 4.79 Å². The molecule has 0 saturated heterocycles. The Morgan fingerprint density at radius 2 is 1.92 bits per heavy atom. The number of ether oxygens (including phenoxy) is 1. The zero-order chi connectivity index (χ0) is 17.8. The fourth-order valence-corrected chi connectivity index (χ4v) is 1.84. The Kier molecular flexibility index (Phi) is 9.26. The molecule has 1 unspecified atom stereocenters. The molecule has 3 N–H and O–H groups in total. The van der Waals surface area contributed by atoms with Gasteiger partial charge in [0.05, 0.1) is 6.54 Å². The summed E-state index contributed by atoms with van der Waals surface area (Å²) in [6.45, 7) is 7.76. The van der Waals surface area contributed by atoms with E-state index in [2.05, 4.69) is 20.9 Å². The molecule has 1 aromatic carbocycles. The first-order valence-corrected chi connectivity index (χ1v) is 8.26. The third-order valence-corrected chi connectivity index (χ3v) is 3.01. The molecule has 0 bridgehead atoms. The molecule has 7 heteroatoms. The normalized spacial score (nSPS) is 12.4.